The second kappa shape index (κ2) is 5.59. The highest BCUT2D eigenvalue weighted by Crippen LogP contribution is 2.40. The van der Waals surface area contributed by atoms with Crippen LogP contribution in [0.5, 0.6) is 0 Å². The van der Waals surface area contributed by atoms with Crippen LogP contribution in [0.4, 0.5) is 0 Å². The van der Waals surface area contributed by atoms with Crippen LogP contribution in [0.2, 0.25) is 0 Å². The summed E-state index contributed by atoms with van der Waals surface area (Å²) in [5.74, 6) is 0. The summed E-state index contributed by atoms with van der Waals surface area (Å²) in [5.41, 5.74) is 10.2. The molecule has 0 unspecified atom stereocenters. The highest BCUT2D eigenvalue weighted by Gasteiger charge is 2.30. The second-order valence-electron chi connectivity index (χ2n) is 10.0. The Morgan fingerprint density at radius 3 is 0.650 bits per heavy atom. The molecule has 0 amide bonds. The summed E-state index contributed by atoms with van der Waals surface area (Å²) in [6, 6.07) is 0. The standard InChI is InChI=1S/C20H36/c1-17(2,3)15(18(4,5)6)13-14-16(19(7,8)9)20(10,11)12/h1-12H3. The summed E-state index contributed by atoms with van der Waals surface area (Å²) >= 11 is 0. The summed E-state index contributed by atoms with van der Waals surface area (Å²) in [4.78, 5) is 0. The highest BCUT2D eigenvalue weighted by atomic mass is 14.3. The summed E-state index contributed by atoms with van der Waals surface area (Å²) in [7, 11) is 0. The first kappa shape index (κ1) is 19.3. The van der Waals surface area contributed by atoms with E-state index in [0.717, 1.165) is 0 Å². The third kappa shape index (κ3) is 5.74. The lowest BCUT2D eigenvalue weighted by atomic mass is 9.71. The summed E-state index contributed by atoms with van der Waals surface area (Å²) in [6.45, 7) is 27.1. The van der Waals surface area contributed by atoms with Gasteiger partial charge in [-0.25, -0.2) is 0 Å². The van der Waals surface area contributed by atoms with Gasteiger partial charge in [-0.3, -0.25) is 0 Å². The van der Waals surface area contributed by atoms with Gasteiger partial charge in [-0.05, 0) is 32.8 Å². The molecule has 0 heteroatoms. The Kier molecular flexibility index (Phi) is 5.39. The van der Waals surface area contributed by atoms with Crippen molar-refractivity contribution in [2.45, 2.75) is 83.1 Å². The van der Waals surface area contributed by atoms with Crippen molar-refractivity contribution in [3.05, 3.63) is 22.6 Å². The number of allylic oxidation sites excluding steroid dienone is 2. The number of rotatable bonds is 0. The maximum Gasteiger partial charge on any atom is -0.00854 e. The molecule has 0 aromatic rings. The average Bonchev–Trinajstić information content (AvgIpc) is 2.02. The molecular formula is C20H36. The van der Waals surface area contributed by atoms with Crippen molar-refractivity contribution < 1.29 is 0 Å². The first-order valence-electron chi connectivity index (χ1n) is 7.75. The minimum atomic E-state index is 0.117. The summed E-state index contributed by atoms with van der Waals surface area (Å²) in [6.07, 6.45) is 0. The van der Waals surface area contributed by atoms with Crippen LogP contribution in [0.1, 0.15) is 83.1 Å². The summed E-state index contributed by atoms with van der Waals surface area (Å²) in [5, 5.41) is 0. The highest BCUT2D eigenvalue weighted by molar-refractivity contribution is 5.22. The van der Waals surface area contributed by atoms with Gasteiger partial charge in [-0.2, -0.15) is 0 Å². The van der Waals surface area contributed by atoms with Gasteiger partial charge in [-0.1, -0.05) is 94.5 Å². The number of hydrogen-bond acceptors (Lipinski definition) is 0. The van der Waals surface area contributed by atoms with Crippen molar-refractivity contribution in [1.82, 2.24) is 0 Å². The summed E-state index contributed by atoms with van der Waals surface area (Å²) < 4.78 is 0. The molecule has 0 spiro atoms. The topological polar surface area (TPSA) is 0 Å². The predicted octanol–water partition coefficient (Wildman–Crippen LogP) is 6.78. The lowest BCUT2D eigenvalue weighted by Crippen LogP contribution is -2.22. The minimum Gasteiger partial charge on any atom is -0.0700 e. The molecule has 116 valence electrons. The van der Waals surface area contributed by atoms with E-state index in [1.165, 1.54) is 11.1 Å². The maximum atomic E-state index is 3.54. The Hall–Kier alpha value is -0.700. The first-order valence-corrected chi connectivity index (χ1v) is 7.75. The van der Waals surface area contributed by atoms with Gasteiger partial charge >= 0.3 is 0 Å². The molecule has 0 saturated heterocycles. The van der Waals surface area contributed by atoms with Gasteiger partial charge in [0.1, 0.15) is 0 Å². The molecule has 0 atom stereocenters. The fraction of sp³-hybridized carbons (Fsp3) is 0.800. The third-order valence-corrected chi connectivity index (χ3v) is 3.31. The molecule has 0 fully saturated rings. The Morgan fingerprint density at radius 1 is 0.400 bits per heavy atom. The van der Waals surface area contributed by atoms with Gasteiger partial charge in [0.2, 0.25) is 0 Å². The van der Waals surface area contributed by atoms with E-state index in [1.54, 1.807) is 0 Å². The Morgan fingerprint density at radius 2 is 0.550 bits per heavy atom. The quantitative estimate of drug-likeness (QED) is 0.428. The van der Waals surface area contributed by atoms with E-state index >= 15 is 0 Å². The van der Waals surface area contributed by atoms with Crippen molar-refractivity contribution in [2.75, 3.05) is 0 Å². The van der Waals surface area contributed by atoms with Crippen molar-refractivity contribution in [3.8, 4) is 0 Å². The third-order valence-electron chi connectivity index (χ3n) is 3.31. The molecule has 0 aromatic heterocycles. The van der Waals surface area contributed by atoms with Crippen LogP contribution < -0.4 is 0 Å². The predicted molar refractivity (Wildman–Crippen MR) is 91.9 cm³/mol. The van der Waals surface area contributed by atoms with Crippen LogP contribution >= 0.6 is 0 Å². The van der Waals surface area contributed by atoms with Crippen LogP contribution in [0.3, 0.4) is 0 Å². The van der Waals surface area contributed by atoms with E-state index in [1.807, 2.05) is 0 Å². The first-order chi connectivity index (χ1) is 8.47. The van der Waals surface area contributed by atoms with E-state index < -0.39 is 0 Å². The maximum absolute atomic E-state index is 3.54. The van der Waals surface area contributed by atoms with Crippen molar-refractivity contribution in [2.24, 2.45) is 21.7 Å². The zero-order valence-electron chi connectivity index (χ0n) is 16.0. The molecule has 0 aliphatic heterocycles. The van der Waals surface area contributed by atoms with Gasteiger partial charge in [0.25, 0.3) is 0 Å². The Bertz CT molecular complexity index is 356. The molecular weight excluding hydrogens is 240 g/mol. The smallest absolute Gasteiger partial charge is 0.00854 e. The van der Waals surface area contributed by atoms with Crippen molar-refractivity contribution >= 4 is 0 Å². The average molecular weight is 277 g/mol. The van der Waals surface area contributed by atoms with Crippen LogP contribution in [-0.4, -0.2) is 0 Å². The molecule has 0 N–H and O–H groups in total. The fourth-order valence-electron chi connectivity index (χ4n) is 3.12. The van der Waals surface area contributed by atoms with E-state index in [2.05, 4.69) is 94.5 Å². The minimum absolute atomic E-state index is 0.117. The monoisotopic (exact) mass is 276 g/mol. The molecule has 0 radical (unpaired) electrons. The second-order valence-corrected chi connectivity index (χ2v) is 10.0. The van der Waals surface area contributed by atoms with Crippen LogP contribution in [0, 0.1) is 21.7 Å². The van der Waals surface area contributed by atoms with Crippen molar-refractivity contribution in [1.29, 1.82) is 0 Å². The van der Waals surface area contributed by atoms with E-state index in [-0.39, 0.29) is 21.7 Å². The van der Waals surface area contributed by atoms with E-state index in [0.29, 0.717) is 0 Å². The number of hydrogen-bond donors (Lipinski definition) is 0. The van der Waals surface area contributed by atoms with Crippen molar-refractivity contribution in [3.63, 3.8) is 0 Å². The molecule has 0 aromatic carbocycles. The largest absolute Gasteiger partial charge is 0.0700 e. The Labute approximate surface area is 128 Å². The van der Waals surface area contributed by atoms with Gasteiger partial charge in [-0.15, -0.1) is 0 Å². The normalized spacial score (nSPS) is 13.6. The van der Waals surface area contributed by atoms with Crippen LogP contribution in [0.25, 0.3) is 0 Å². The van der Waals surface area contributed by atoms with Gasteiger partial charge in [0, 0.05) is 0 Å². The molecule has 0 aliphatic carbocycles. The molecule has 20 heavy (non-hydrogen) atoms. The SMILES string of the molecule is CC(C)(C)C(=C=C=C(C(C)(C)C)C(C)(C)C)C(C)(C)C. The zero-order valence-corrected chi connectivity index (χ0v) is 16.0. The molecule has 0 saturated carbocycles. The lowest BCUT2D eigenvalue weighted by molar-refractivity contribution is 0.359. The molecule has 0 heterocycles. The van der Waals surface area contributed by atoms with E-state index in [9.17, 15) is 0 Å². The van der Waals surface area contributed by atoms with Gasteiger partial charge in [0.15, 0.2) is 0 Å². The molecule has 0 nitrogen and oxygen atoms in total. The zero-order chi connectivity index (χ0) is 16.6. The Balaban J connectivity index is 6.51. The molecule has 0 rings (SSSR count). The van der Waals surface area contributed by atoms with Crippen LogP contribution in [-0.2, 0) is 0 Å². The van der Waals surface area contributed by atoms with Crippen LogP contribution in [0.15, 0.2) is 22.6 Å². The van der Waals surface area contributed by atoms with E-state index in [4.69, 9.17) is 0 Å². The lowest BCUT2D eigenvalue weighted by Gasteiger charge is -2.33. The van der Waals surface area contributed by atoms with Gasteiger partial charge < -0.3 is 0 Å². The fourth-order valence-corrected chi connectivity index (χ4v) is 3.12. The molecule has 0 bridgehead atoms. The van der Waals surface area contributed by atoms with Gasteiger partial charge in [0.05, 0.1) is 0 Å². The molecule has 0 aliphatic rings.